The van der Waals surface area contributed by atoms with Crippen molar-refractivity contribution in [3.05, 3.63) is 81.8 Å². The molecular formula is C26H28ClN5O. The normalized spacial score (nSPS) is 19.0. The van der Waals surface area contributed by atoms with E-state index in [1.165, 1.54) is 11.1 Å². The Morgan fingerprint density at radius 1 is 1.18 bits per heavy atom. The molecule has 0 bridgehead atoms. The molecule has 1 aliphatic heterocycles. The van der Waals surface area contributed by atoms with E-state index in [1.807, 2.05) is 18.2 Å². The van der Waals surface area contributed by atoms with Crippen LogP contribution in [0.5, 0.6) is 0 Å². The standard InChI is InChI=1S/C26H28ClN5O/c1-16(33)23-21(7-6-19(31-23)14-17-8-11-30-25(29)22(17)27)32-12-9-26(10-13-32)15-18-4-2-3-5-20(18)24(26)28/h2-8,11,24H,9-10,12-15,28H2,1H3,(H2,29,30)/t24-/m1/s1. The molecule has 0 amide bonds. The van der Waals surface area contributed by atoms with Gasteiger partial charge in [0.05, 0.1) is 10.7 Å². The Balaban J connectivity index is 1.36. The van der Waals surface area contributed by atoms with E-state index in [9.17, 15) is 4.79 Å². The molecule has 3 heterocycles. The summed E-state index contributed by atoms with van der Waals surface area (Å²) in [7, 11) is 0. The van der Waals surface area contributed by atoms with Crippen LogP contribution >= 0.6 is 11.6 Å². The van der Waals surface area contributed by atoms with E-state index in [-0.39, 0.29) is 17.2 Å². The molecule has 0 saturated carbocycles. The quantitative estimate of drug-likeness (QED) is 0.560. The smallest absolute Gasteiger partial charge is 0.180 e. The number of carbonyl (C=O) groups is 1. The summed E-state index contributed by atoms with van der Waals surface area (Å²) in [6, 6.07) is 14.4. The minimum absolute atomic E-state index is 0.0440. The van der Waals surface area contributed by atoms with Gasteiger partial charge >= 0.3 is 0 Å². The summed E-state index contributed by atoms with van der Waals surface area (Å²) < 4.78 is 0. The second kappa shape index (κ2) is 8.43. The lowest BCUT2D eigenvalue weighted by Crippen LogP contribution is -2.44. The monoisotopic (exact) mass is 461 g/mol. The molecule has 4 N–H and O–H groups in total. The highest BCUT2D eigenvalue weighted by molar-refractivity contribution is 6.33. The van der Waals surface area contributed by atoms with Crippen LogP contribution in [0.2, 0.25) is 5.02 Å². The van der Waals surface area contributed by atoms with E-state index < -0.39 is 0 Å². The number of piperidine rings is 1. The van der Waals surface area contributed by atoms with Gasteiger partial charge in [0.2, 0.25) is 0 Å². The molecule has 1 aliphatic carbocycles. The van der Waals surface area contributed by atoms with Gasteiger partial charge < -0.3 is 16.4 Å². The second-order valence-electron chi connectivity index (χ2n) is 9.28. The number of benzene rings is 1. The molecule has 6 nitrogen and oxygen atoms in total. The van der Waals surface area contributed by atoms with Crippen LogP contribution in [0, 0.1) is 5.41 Å². The molecule has 1 fully saturated rings. The lowest BCUT2D eigenvalue weighted by molar-refractivity contribution is 0.101. The van der Waals surface area contributed by atoms with Gasteiger partial charge in [0.15, 0.2) is 5.78 Å². The maximum absolute atomic E-state index is 12.5. The predicted molar refractivity (Wildman–Crippen MR) is 132 cm³/mol. The molecule has 1 aromatic carbocycles. The van der Waals surface area contributed by atoms with Crippen molar-refractivity contribution in [2.24, 2.45) is 11.1 Å². The van der Waals surface area contributed by atoms with Crippen LogP contribution in [-0.2, 0) is 12.8 Å². The first-order valence-electron chi connectivity index (χ1n) is 11.4. The first-order valence-corrected chi connectivity index (χ1v) is 11.7. The molecule has 0 unspecified atom stereocenters. The van der Waals surface area contributed by atoms with Gasteiger partial charge in [0.25, 0.3) is 0 Å². The van der Waals surface area contributed by atoms with Crippen LogP contribution in [0.1, 0.15) is 58.7 Å². The van der Waals surface area contributed by atoms with Crippen molar-refractivity contribution in [1.82, 2.24) is 9.97 Å². The largest absolute Gasteiger partial charge is 0.382 e. The Bertz CT molecular complexity index is 1220. The van der Waals surface area contributed by atoms with Gasteiger partial charge in [-0.15, -0.1) is 0 Å². The maximum atomic E-state index is 12.5. The van der Waals surface area contributed by atoms with Crippen molar-refractivity contribution in [3.63, 3.8) is 0 Å². The molecule has 1 spiro atoms. The number of halogens is 1. The molecule has 1 atom stereocenters. The van der Waals surface area contributed by atoms with Gasteiger partial charge in [-0.05, 0) is 59.6 Å². The number of fused-ring (bicyclic) bond motifs is 1. The number of nitrogen functional groups attached to an aromatic ring is 1. The van der Waals surface area contributed by atoms with E-state index in [2.05, 4.69) is 34.1 Å². The number of pyridine rings is 2. The molecule has 2 aliphatic rings. The fourth-order valence-electron chi connectivity index (χ4n) is 5.44. The van der Waals surface area contributed by atoms with Gasteiger partial charge in [-0.3, -0.25) is 4.79 Å². The van der Waals surface area contributed by atoms with Gasteiger partial charge in [-0.25, -0.2) is 9.97 Å². The summed E-state index contributed by atoms with van der Waals surface area (Å²) in [6.45, 7) is 3.29. The lowest BCUT2D eigenvalue weighted by atomic mass is 9.73. The molecule has 33 heavy (non-hydrogen) atoms. The highest BCUT2D eigenvalue weighted by atomic mass is 35.5. The molecule has 2 aromatic heterocycles. The third kappa shape index (κ3) is 3.87. The highest BCUT2D eigenvalue weighted by Crippen LogP contribution is 2.51. The number of carbonyl (C=O) groups excluding carboxylic acids is 1. The zero-order valence-electron chi connectivity index (χ0n) is 18.7. The number of ketones is 1. The van der Waals surface area contributed by atoms with E-state index in [4.69, 9.17) is 28.1 Å². The topological polar surface area (TPSA) is 98.1 Å². The number of aromatic nitrogens is 2. The van der Waals surface area contributed by atoms with Gasteiger partial charge in [0.1, 0.15) is 11.5 Å². The number of anilines is 2. The molecular weight excluding hydrogens is 434 g/mol. The van der Waals surface area contributed by atoms with Crippen LogP contribution in [0.15, 0.2) is 48.7 Å². The van der Waals surface area contributed by atoms with Crippen molar-refractivity contribution >= 4 is 28.9 Å². The average molecular weight is 462 g/mol. The summed E-state index contributed by atoms with van der Waals surface area (Å²) >= 11 is 6.30. The maximum Gasteiger partial charge on any atom is 0.180 e. The fraction of sp³-hybridized carbons (Fsp3) is 0.346. The van der Waals surface area contributed by atoms with Crippen LogP contribution in [0.3, 0.4) is 0 Å². The Labute approximate surface area is 199 Å². The molecule has 5 rings (SSSR count). The first-order chi connectivity index (χ1) is 15.9. The Morgan fingerprint density at radius 3 is 2.67 bits per heavy atom. The van der Waals surface area contributed by atoms with Crippen molar-refractivity contribution in [1.29, 1.82) is 0 Å². The first kappa shape index (κ1) is 21.9. The lowest BCUT2D eigenvalue weighted by Gasteiger charge is -2.43. The predicted octanol–water partition coefficient (Wildman–Crippen LogP) is 4.35. The molecule has 170 valence electrons. The molecule has 3 aromatic rings. The van der Waals surface area contributed by atoms with Crippen LogP contribution in [0.4, 0.5) is 11.5 Å². The van der Waals surface area contributed by atoms with E-state index >= 15 is 0 Å². The van der Waals surface area contributed by atoms with Crippen molar-refractivity contribution in [2.75, 3.05) is 23.7 Å². The fourth-order valence-corrected chi connectivity index (χ4v) is 5.62. The highest BCUT2D eigenvalue weighted by Gasteiger charge is 2.46. The van der Waals surface area contributed by atoms with Crippen molar-refractivity contribution in [3.8, 4) is 0 Å². The van der Waals surface area contributed by atoms with Crippen molar-refractivity contribution in [2.45, 2.75) is 38.6 Å². The minimum atomic E-state index is -0.0440. The summed E-state index contributed by atoms with van der Waals surface area (Å²) in [5.41, 5.74) is 18.3. The van der Waals surface area contributed by atoms with Crippen LogP contribution in [-0.4, -0.2) is 28.8 Å². The number of hydrogen-bond donors (Lipinski definition) is 2. The third-order valence-corrected chi connectivity index (χ3v) is 7.76. The number of rotatable bonds is 4. The zero-order valence-corrected chi connectivity index (χ0v) is 19.5. The minimum Gasteiger partial charge on any atom is -0.382 e. The van der Waals surface area contributed by atoms with E-state index in [1.54, 1.807) is 13.1 Å². The molecule has 7 heteroatoms. The number of nitrogens with two attached hydrogens (primary N) is 2. The van der Waals surface area contributed by atoms with Gasteiger partial charge in [-0.1, -0.05) is 35.9 Å². The van der Waals surface area contributed by atoms with Crippen molar-refractivity contribution < 1.29 is 4.79 Å². The van der Waals surface area contributed by atoms with Gasteiger partial charge in [0, 0.05) is 44.4 Å². The molecule has 1 saturated heterocycles. The SMILES string of the molecule is CC(=O)c1nc(Cc2ccnc(N)c2Cl)ccc1N1CCC2(CC1)Cc1ccccc1[C@H]2N. The second-order valence-corrected chi connectivity index (χ2v) is 9.65. The third-order valence-electron chi connectivity index (χ3n) is 7.33. The summed E-state index contributed by atoms with van der Waals surface area (Å²) in [6.07, 6.45) is 5.14. The summed E-state index contributed by atoms with van der Waals surface area (Å²) in [5, 5.41) is 0.433. The number of nitrogens with zero attached hydrogens (tertiary/aromatic N) is 3. The Hall–Kier alpha value is -2.96. The summed E-state index contributed by atoms with van der Waals surface area (Å²) in [5.74, 6) is 0.254. The number of hydrogen-bond acceptors (Lipinski definition) is 6. The van der Waals surface area contributed by atoms with Gasteiger partial charge in [-0.2, -0.15) is 0 Å². The zero-order chi connectivity index (χ0) is 23.2. The van der Waals surface area contributed by atoms with Crippen LogP contribution in [0.25, 0.3) is 0 Å². The Kier molecular flexibility index (Phi) is 5.59. The number of Topliss-reactive ketones (excluding diaryl/α,β-unsaturated/α-hetero) is 1. The Morgan fingerprint density at radius 2 is 1.94 bits per heavy atom. The van der Waals surface area contributed by atoms with E-state index in [0.29, 0.717) is 23.0 Å². The van der Waals surface area contributed by atoms with Crippen LogP contribution < -0.4 is 16.4 Å². The average Bonchev–Trinajstić information content (AvgIpc) is 3.09. The summed E-state index contributed by atoms with van der Waals surface area (Å²) in [4.78, 5) is 23.5. The molecule has 0 radical (unpaired) electrons. The van der Waals surface area contributed by atoms with E-state index in [0.717, 1.165) is 49.3 Å².